The summed E-state index contributed by atoms with van der Waals surface area (Å²) in [6.45, 7) is -0.327. The van der Waals surface area contributed by atoms with E-state index in [-0.39, 0.29) is 13.5 Å². The molecule has 0 aromatic heterocycles. The number of hydrogen-bond donors (Lipinski definition) is 0. The molecule has 0 aliphatic carbocycles. The SMILES string of the molecule is CS(=O)(=O)OCOCN1C=CC=C/C1=[14CH]\N=O. The van der Waals surface area contributed by atoms with Crippen molar-refractivity contribution in [2.45, 2.75) is 0 Å². The first-order valence-corrected chi connectivity index (χ1v) is 6.41. The van der Waals surface area contributed by atoms with Gasteiger partial charge in [-0.25, -0.2) is 4.18 Å². The number of ether oxygens (including phenoxy) is 1. The summed E-state index contributed by atoms with van der Waals surface area (Å²) in [4.78, 5) is 11.7. The Labute approximate surface area is 99.1 Å². The molecule has 0 unspecified atom stereocenters. The average molecular weight is 262 g/mol. The molecule has 1 aliphatic rings. The van der Waals surface area contributed by atoms with Crippen LogP contribution in [0.15, 0.2) is 41.5 Å². The molecular formula is C9H12N2O5S. The third-order valence-corrected chi connectivity index (χ3v) is 2.26. The lowest BCUT2D eigenvalue weighted by atomic mass is 10.3. The molecule has 94 valence electrons. The van der Waals surface area contributed by atoms with Gasteiger partial charge < -0.3 is 9.64 Å². The third-order valence-electron chi connectivity index (χ3n) is 1.74. The second-order valence-electron chi connectivity index (χ2n) is 3.10. The molecule has 0 saturated carbocycles. The Balaban J connectivity index is 2.41. The van der Waals surface area contributed by atoms with E-state index in [9.17, 15) is 13.3 Å². The summed E-state index contributed by atoms with van der Waals surface area (Å²) in [7, 11) is -3.51. The van der Waals surface area contributed by atoms with E-state index in [0.29, 0.717) is 5.70 Å². The zero-order valence-electron chi connectivity index (χ0n) is 9.14. The van der Waals surface area contributed by atoms with Gasteiger partial charge in [-0.1, -0.05) is 6.08 Å². The first-order chi connectivity index (χ1) is 8.03. The molecule has 0 aromatic carbocycles. The van der Waals surface area contributed by atoms with Crippen LogP contribution in [0.3, 0.4) is 0 Å². The summed E-state index contributed by atoms with van der Waals surface area (Å²) < 4.78 is 30.7. The van der Waals surface area contributed by atoms with Crippen LogP contribution in [0.1, 0.15) is 0 Å². The zero-order valence-corrected chi connectivity index (χ0v) is 9.96. The van der Waals surface area contributed by atoms with Crippen molar-refractivity contribution in [1.29, 1.82) is 0 Å². The van der Waals surface area contributed by atoms with E-state index in [1.807, 2.05) is 0 Å². The second-order valence-corrected chi connectivity index (χ2v) is 4.75. The fourth-order valence-corrected chi connectivity index (χ4v) is 1.28. The van der Waals surface area contributed by atoms with Crippen molar-refractivity contribution >= 4 is 10.1 Å². The van der Waals surface area contributed by atoms with Crippen LogP contribution >= 0.6 is 0 Å². The van der Waals surface area contributed by atoms with Crippen LogP contribution in [0.25, 0.3) is 0 Å². The van der Waals surface area contributed by atoms with Gasteiger partial charge in [0.1, 0.15) is 6.73 Å². The molecule has 0 N–H and O–H groups in total. The van der Waals surface area contributed by atoms with Crippen LogP contribution in [0, 0.1) is 4.91 Å². The predicted molar refractivity (Wildman–Crippen MR) is 60.7 cm³/mol. The highest BCUT2D eigenvalue weighted by atomic mass is 32.2. The number of nitroso groups, excluding NO2 is 1. The third kappa shape index (κ3) is 5.38. The Morgan fingerprint density at radius 1 is 1.47 bits per heavy atom. The van der Waals surface area contributed by atoms with Crippen LogP contribution in [0.4, 0.5) is 0 Å². The topological polar surface area (TPSA) is 85.3 Å². The highest BCUT2D eigenvalue weighted by molar-refractivity contribution is 7.85. The van der Waals surface area contributed by atoms with Crippen LogP contribution in [0.5, 0.6) is 0 Å². The molecular weight excluding hydrogens is 250 g/mol. The second kappa shape index (κ2) is 6.28. The van der Waals surface area contributed by atoms with Gasteiger partial charge >= 0.3 is 0 Å². The van der Waals surface area contributed by atoms with Gasteiger partial charge in [0.05, 0.1) is 18.2 Å². The van der Waals surface area contributed by atoms with Crippen molar-refractivity contribution in [3.05, 3.63) is 41.2 Å². The van der Waals surface area contributed by atoms with Crippen molar-refractivity contribution in [2.24, 2.45) is 5.18 Å². The van der Waals surface area contributed by atoms with Gasteiger partial charge in [-0.05, 0) is 17.3 Å². The van der Waals surface area contributed by atoms with Crippen LogP contribution in [-0.2, 0) is 19.0 Å². The van der Waals surface area contributed by atoms with Crippen molar-refractivity contribution in [2.75, 3.05) is 19.8 Å². The van der Waals surface area contributed by atoms with E-state index in [0.717, 1.165) is 12.5 Å². The van der Waals surface area contributed by atoms with Crippen molar-refractivity contribution in [1.82, 2.24) is 4.90 Å². The molecule has 0 spiro atoms. The van der Waals surface area contributed by atoms with Gasteiger partial charge in [0.15, 0.2) is 6.79 Å². The van der Waals surface area contributed by atoms with Gasteiger partial charge in [0.2, 0.25) is 0 Å². The Kier molecular flexibility index (Phi) is 5.01. The lowest BCUT2D eigenvalue weighted by molar-refractivity contribution is -0.0157. The summed E-state index contributed by atoms with van der Waals surface area (Å²) in [5.74, 6) is 0. The maximum absolute atomic E-state index is 10.6. The maximum Gasteiger partial charge on any atom is 0.266 e. The fraction of sp³-hybridized carbons (Fsp3) is 0.333. The summed E-state index contributed by atoms with van der Waals surface area (Å²) in [5.41, 5.74) is 0.543. The number of nitrogens with zero attached hydrogens (tertiary/aromatic N) is 2. The first kappa shape index (κ1) is 13.6. The summed E-state index contributed by atoms with van der Waals surface area (Å²) in [5, 5.41) is 2.66. The highest BCUT2D eigenvalue weighted by Gasteiger charge is 2.07. The Morgan fingerprint density at radius 3 is 2.88 bits per heavy atom. The molecule has 8 heteroatoms. The molecule has 0 saturated heterocycles. The standard InChI is InChI=1S/C9H12N2O5S/c1-17(13,14)16-8-15-7-11-5-3-2-4-9(11)6-10-12/h2-6H,7-8H2,1H3/b9-6+/i6+2. The molecule has 0 atom stereocenters. The molecule has 1 aliphatic heterocycles. The van der Waals surface area contributed by atoms with Gasteiger partial charge in [-0.2, -0.15) is 8.42 Å². The lowest BCUT2D eigenvalue weighted by Gasteiger charge is -2.22. The number of allylic oxidation sites excluding steroid dienone is 3. The molecule has 7 nitrogen and oxygen atoms in total. The van der Waals surface area contributed by atoms with Gasteiger partial charge in [0, 0.05) is 6.20 Å². The first-order valence-electron chi connectivity index (χ1n) is 4.59. The van der Waals surface area contributed by atoms with E-state index in [1.54, 1.807) is 29.3 Å². The molecule has 0 fully saturated rings. The normalized spacial score (nSPS) is 17.7. The molecule has 0 radical (unpaired) electrons. The van der Waals surface area contributed by atoms with Crippen LogP contribution in [0.2, 0.25) is 0 Å². The van der Waals surface area contributed by atoms with Gasteiger partial charge in [0.25, 0.3) is 10.1 Å². The van der Waals surface area contributed by atoms with E-state index in [4.69, 9.17) is 4.74 Å². The van der Waals surface area contributed by atoms with Crippen LogP contribution < -0.4 is 0 Å². The van der Waals surface area contributed by atoms with Crippen molar-refractivity contribution in [3.8, 4) is 0 Å². The molecule has 1 heterocycles. The minimum Gasteiger partial charge on any atom is -0.333 e. The summed E-state index contributed by atoms with van der Waals surface area (Å²) in [6, 6.07) is 0. The monoisotopic (exact) mass is 262 g/mol. The number of rotatable bonds is 6. The predicted octanol–water partition coefficient (Wildman–Crippen LogP) is 0.888. The zero-order chi connectivity index (χ0) is 12.7. The Morgan fingerprint density at radius 2 is 2.24 bits per heavy atom. The van der Waals surface area contributed by atoms with E-state index >= 15 is 0 Å². The maximum atomic E-state index is 10.6. The fourth-order valence-electron chi connectivity index (χ4n) is 1.04. The average Bonchev–Trinajstić information content (AvgIpc) is 2.25. The van der Waals surface area contributed by atoms with Crippen molar-refractivity contribution in [3.63, 3.8) is 0 Å². The Bertz CT molecular complexity index is 452. The van der Waals surface area contributed by atoms with Crippen LogP contribution in [-0.4, -0.2) is 33.1 Å². The lowest BCUT2D eigenvalue weighted by Crippen LogP contribution is -2.22. The largest absolute Gasteiger partial charge is 0.333 e. The Hall–Kier alpha value is -1.51. The van der Waals surface area contributed by atoms with E-state index < -0.39 is 10.1 Å². The molecule has 1 rings (SSSR count). The quantitative estimate of drug-likeness (QED) is 0.306. The van der Waals surface area contributed by atoms with Crippen molar-refractivity contribution < 1.29 is 17.3 Å². The minimum atomic E-state index is -3.51. The molecule has 17 heavy (non-hydrogen) atoms. The van der Waals surface area contributed by atoms with Gasteiger partial charge in [-0.15, -0.1) is 4.91 Å². The smallest absolute Gasteiger partial charge is 0.266 e. The summed E-state index contributed by atoms with van der Waals surface area (Å²) >= 11 is 0. The highest BCUT2D eigenvalue weighted by Crippen LogP contribution is 2.12. The molecule has 0 amide bonds. The molecule has 0 aromatic rings. The van der Waals surface area contributed by atoms with Gasteiger partial charge in [-0.3, -0.25) is 0 Å². The minimum absolute atomic E-state index is 0.0533. The molecule has 0 bridgehead atoms. The summed E-state index contributed by atoms with van der Waals surface area (Å²) in [6.07, 6.45) is 8.87. The number of hydrogen-bond acceptors (Lipinski definition) is 7. The van der Waals surface area contributed by atoms with E-state index in [1.165, 1.54) is 0 Å². The van der Waals surface area contributed by atoms with E-state index in [2.05, 4.69) is 9.36 Å².